The molecule has 1 fully saturated rings. The quantitative estimate of drug-likeness (QED) is 0.864. The third kappa shape index (κ3) is 4.33. The Hall–Kier alpha value is -2.32. The van der Waals surface area contributed by atoms with E-state index in [1.54, 1.807) is 0 Å². The summed E-state index contributed by atoms with van der Waals surface area (Å²) in [5.74, 6) is -2.95. The van der Waals surface area contributed by atoms with Gasteiger partial charge in [-0.3, -0.25) is 9.59 Å². The number of carbonyl (C=O) groups excluding carboxylic acids is 1. The highest BCUT2D eigenvalue weighted by atomic mass is 19.4. The van der Waals surface area contributed by atoms with Crippen LogP contribution in [0.1, 0.15) is 6.42 Å². The Morgan fingerprint density at radius 3 is 2.57 bits per heavy atom. The number of aliphatic carboxylic acids is 1. The number of carbonyl (C=O) groups is 2. The van der Waals surface area contributed by atoms with E-state index in [0.717, 1.165) is 6.20 Å². The SMILES string of the molecule is O=C(O)[C@H]1C[C@@H]1C(=O)Nc1ccc(OCC(F)(F)F)nc1. The Bertz CT molecular complexity index is 544. The van der Waals surface area contributed by atoms with Gasteiger partial charge in [-0.1, -0.05) is 0 Å². The van der Waals surface area contributed by atoms with Crippen molar-refractivity contribution in [2.24, 2.45) is 11.8 Å². The minimum atomic E-state index is -4.45. The number of aromatic nitrogens is 1. The lowest BCUT2D eigenvalue weighted by molar-refractivity contribution is -0.154. The lowest BCUT2D eigenvalue weighted by Gasteiger charge is -2.09. The predicted octanol–water partition coefficient (Wildman–Crippen LogP) is 1.68. The molecule has 2 atom stereocenters. The second kappa shape index (κ2) is 5.58. The van der Waals surface area contributed by atoms with Crippen molar-refractivity contribution in [1.82, 2.24) is 4.98 Å². The van der Waals surface area contributed by atoms with Crippen molar-refractivity contribution >= 4 is 17.6 Å². The molecule has 1 heterocycles. The van der Waals surface area contributed by atoms with Crippen LogP contribution >= 0.6 is 0 Å². The molecule has 1 aromatic rings. The minimum absolute atomic E-state index is 0.222. The maximum atomic E-state index is 11.9. The number of ether oxygens (including phenoxy) is 1. The maximum absolute atomic E-state index is 11.9. The Kier molecular flexibility index (Phi) is 4.01. The Morgan fingerprint density at radius 1 is 1.38 bits per heavy atom. The fourth-order valence-electron chi connectivity index (χ4n) is 1.69. The number of rotatable bonds is 5. The standard InChI is InChI=1S/C12H11F3N2O4/c13-12(14,15)5-21-9-2-1-6(4-16-9)17-10(18)7-3-8(7)11(19)20/h1-2,4,7-8H,3,5H2,(H,17,18)(H,19,20)/t7-,8-/m0/s1. The summed E-state index contributed by atoms with van der Waals surface area (Å²) < 4.78 is 40.2. The van der Waals surface area contributed by atoms with E-state index in [2.05, 4.69) is 15.0 Å². The molecular formula is C12H11F3N2O4. The first kappa shape index (κ1) is 15.1. The molecule has 2 N–H and O–H groups in total. The van der Waals surface area contributed by atoms with Gasteiger partial charge < -0.3 is 15.2 Å². The first-order valence-electron chi connectivity index (χ1n) is 5.95. The zero-order chi connectivity index (χ0) is 15.6. The summed E-state index contributed by atoms with van der Waals surface area (Å²) in [4.78, 5) is 25.9. The van der Waals surface area contributed by atoms with Crippen molar-refractivity contribution in [3.63, 3.8) is 0 Å². The molecule has 1 saturated carbocycles. The fraction of sp³-hybridized carbons (Fsp3) is 0.417. The van der Waals surface area contributed by atoms with Gasteiger partial charge in [0.05, 0.1) is 23.7 Å². The molecule has 6 nitrogen and oxygen atoms in total. The molecule has 2 rings (SSSR count). The van der Waals surface area contributed by atoms with Gasteiger partial charge in [-0.25, -0.2) is 4.98 Å². The van der Waals surface area contributed by atoms with Crippen molar-refractivity contribution in [1.29, 1.82) is 0 Å². The van der Waals surface area contributed by atoms with Crippen molar-refractivity contribution in [2.45, 2.75) is 12.6 Å². The largest absolute Gasteiger partial charge is 0.481 e. The average Bonchev–Trinajstić information content (AvgIpc) is 3.17. The number of pyridine rings is 1. The number of halogens is 3. The van der Waals surface area contributed by atoms with Crippen molar-refractivity contribution in [3.8, 4) is 5.88 Å². The molecule has 1 aromatic heterocycles. The summed E-state index contributed by atoms with van der Waals surface area (Å²) in [5, 5.41) is 11.1. The van der Waals surface area contributed by atoms with Crippen LogP contribution in [-0.4, -0.2) is 34.8 Å². The van der Waals surface area contributed by atoms with E-state index in [9.17, 15) is 22.8 Å². The van der Waals surface area contributed by atoms with Crippen LogP contribution in [0, 0.1) is 11.8 Å². The van der Waals surface area contributed by atoms with Gasteiger partial charge in [-0.15, -0.1) is 0 Å². The van der Waals surface area contributed by atoms with Crippen LogP contribution in [0.5, 0.6) is 5.88 Å². The molecule has 114 valence electrons. The highest BCUT2D eigenvalue weighted by Crippen LogP contribution is 2.39. The first-order chi connectivity index (χ1) is 9.76. The number of hydrogen-bond acceptors (Lipinski definition) is 4. The van der Waals surface area contributed by atoms with Crippen LogP contribution in [0.15, 0.2) is 18.3 Å². The summed E-state index contributed by atoms with van der Waals surface area (Å²) in [6.07, 6.45) is -3.03. The summed E-state index contributed by atoms with van der Waals surface area (Å²) >= 11 is 0. The minimum Gasteiger partial charge on any atom is -0.481 e. The number of carboxylic acids is 1. The zero-order valence-corrected chi connectivity index (χ0v) is 10.6. The number of hydrogen-bond donors (Lipinski definition) is 2. The molecule has 0 bridgehead atoms. The van der Waals surface area contributed by atoms with E-state index < -0.39 is 36.5 Å². The summed E-state index contributed by atoms with van der Waals surface area (Å²) in [6.45, 7) is -1.45. The molecule has 0 spiro atoms. The number of anilines is 1. The number of amides is 1. The van der Waals surface area contributed by atoms with Crippen LogP contribution < -0.4 is 10.1 Å². The number of nitrogens with zero attached hydrogens (tertiary/aromatic N) is 1. The molecule has 1 aliphatic carbocycles. The second-order valence-electron chi connectivity index (χ2n) is 4.57. The molecule has 1 aliphatic rings. The number of carboxylic acid groups (broad SMARTS) is 1. The van der Waals surface area contributed by atoms with Crippen molar-refractivity contribution in [2.75, 3.05) is 11.9 Å². The van der Waals surface area contributed by atoms with Gasteiger partial charge in [-0.05, 0) is 12.5 Å². The normalized spacial score (nSPS) is 20.7. The molecule has 1 amide bonds. The lowest BCUT2D eigenvalue weighted by atomic mass is 10.3. The van der Waals surface area contributed by atoms with Crippen molar-refractivity contribution < 1.29 is 32.6 Å². The van der Waals surface area contributed by atoms with Gasteiger partial charge in [0.1, 0.15) is 0 Å². The van der Waals surface area contributed by atoms with Gasteiger partial charge in [0.25, 0.3) is 0 Å². The van der Waals surface area contributed by atoms with Crippen LogP contribution in [0.3, 0.4) is 0 Å². The monoisotopic (exact) mass is 304 g/mol. The van der Waals surface area contributed by atoms with E-state index in [-0.39, 0.29) is 18.0 Å². The molecule has 0 aromatic carbocycles. The van der Waals surface area contributed by atoms with E-state index in [0.29, 0.717) is 0 Å². The van der Waals surface area contributed by atoms with Gasteiger partial charge in [0, 0.05) is 6.07 Å². The zero-order valence-electron chi connectivity index (χ0n) is 10.6. The topological polar surface area (TPSA) is 88.5 Å². The Labute approximate surface area is 116 Å². The van der Waals surface area contributed by atoms with Crippen LogP contribution in [-0.2, 0) is 9.59 Å². The molecule has 0 aliphatic heterocycles. The third-order valence-corrected chi connectivity index (χ3v) is 2.83. The molecule has 0 radical (unpaired) electrons. The van der Waals surface area contributed by atoms with E-state index in [4.69, 9.17) is 5.11 Å². The molecule has 21 heavy (non-hydrogen) atoms. The van der Waals surface area contributed by atoms with E-state index in [1.165, 1.54) is 12.1 Å². The molecule has 9 heteroatoms. The van der Waals surface area contributed by atoms with Gasteiger partial charge in [0.15, 0.2) is 6.61 Å². The number of alkyl halides is 3. The molecule has 0 unspecified atom stereocenters. The van der Waals surface area contributed by atoms with Crippen molar-refractivity contribution in [3.05, 3.63) is 18.3 Å². The van der Waals surface area contributed by atoms with Crippen LogP contribution in [0.4, 0.5) is 18.9 Å². The van der Waals surface area contributed by atoms with E-state index in [1.807, 2.05) is 0 Å². The average molecular weight is 304 g/mol. The second-order valence-corrected chi connectivity index (χ2v) is 4.57. The predicted molar refractivity (Wildman–Crippen MR) is 63.6 cm³/mol. The fourth-order valence-corrected chi connectivity index (χ4v) is 1.69. The smallest absolute Gasteiger partial charge is 0.422 e. The molecule has 0 saturated heterocycles. The summed E-state index contributed by atoms with van der Waals surface area (Å²) in [5.41, 5.74) is 0.260. The Balaban J connectivity index is 1.85. The highest BCUT2D eigenvalue weighted by Gasteiger charge is 2.48. The lowest BCUT2D eigenvalue weighted by Crippen LogP contribution is -2.20. The van der Waals surface area contributed by atoms with Crippen LogP contribution in [0.25, 0.3) is 0 Å². The van der Waals surface area contributed by atoms with Crippen LogP contribution in [0.2, 0.25) is 0 Å². The first-order valence-corrected chi connectivity index (χ1v) is 5.95. The van der Waals surface area contributed by atoms with Gasteiger partial charge in [0.2, 0.25) is 11.8 Å². The summed E-state index contributed by atoms with van der Waals surface area (Å²) in [6, 6.07) is 2.51. The van der Waals surface area contributed by atoms with E-state index >= 15 is 0 Å². The third-order valence-electron chi connectivity index (χ3n) is 2.83. The number of nitrogens with one attached hydrogen (secondary N) is 1. The molecular weight excluding hydrogens is 293 g/mol. The Morgan fingerprint density at radius 2 is 2.10 bits per heavy atom. The maximum Gasteiger partial charge on any atom is 0.422 e. The summed E-state index contributed by atoms with van der Waals surface area (Å²) in [7, 11) is 0. The van der Waals surface area contributed by atoms with Gasteiger partial charge >= 0.3 is 12.1 Å². The highest BCUT2D eigenvalue weighted by molar-refractivity contribution is 5.98. The van der Waals surface area contributed by atoms with Gasteiger partial charge in [-0.2, -0.15) is 13.2 Å².